The number of amides is 1. The van der Waals surface area contributed by atoms with Crippen LogP contribution in [0, 0.1) is 11.8 Å². The maximum Gasteiger partial charge on any atom is 0.283 e. The van der Waals surface area contributed by atoms with E-state index in [1.807, 2.05) is 18.9 Å². The van der Waals surface area contributed by atoms with E-state index in [4.69, 9.17) is 0 Å². The van der Waals surface area contributed by atoms with E-state index in [-0.39, 0.29) is 16.7 Å². The van der Waals surface area contributed by atoms with Gasteiger partial charge in [-0.2, -0.15) is 8.42 Å². The normalized spacial score (nSPS) is 25.7. The van der Waals surface area contributed by atoms with E-state index in [9.17, 15) is 13.2 Å². The van der Waals surface area contributed by atoms with E-state index in [0.717, 1.165) is 19.4 Å². The van der Waals surface area contributed by atoms with Crippen LogP contribution in [0.4, 0.5) is 5.69 Å². The van der Waals surface area contributed by atoms with Crippen molar-refractivity contribution < 1.29 is 13.2 Å². The molecule has 124 valence electrons. The second-order valence-corrected chi connectivity index (χ2v) is 7.94. The summed E-state index contributed by atoms with van der Waals surface area (Å²) in [7, 11) is -1.85. The molecular formula is C16H21N3O3S. The van der Waals surface area contributed by atoms with E-state index in [2.05, 4.69) is 9.71 Å². The average Bonchev–Trinajstić information content (AvgIpc) is 3.11. The summed E-state index contributed by atoms with van der Waals surface area (Å²) in [5, 5.41) is 2.82. The lowest BCUT2D eigenvalue weighted by Gasteiger charge is -2.11. The van der Waals surface area contributed by atoms with Crippen LogP contribution in [0.5, 0.6) is 0 Å². The Labute approximate surface area is 136 Å². The standard InChI is InChI=1S/C16H21N3O3S/c1-11-10-14(11)16(20)17-12-5-7-13(8-6-12)23(21,22)18-15-4-3-9-19(15)2/h5-8,11,14H,3-4,9-10H2,1-2H3,(H,17,20)/t11-,14-/m1/s1. The molecule has 2 fully saturated rings. The monoisotopic (exact) mass is 335 g/mol. The maximum absolute atomic E-state index is 12.3. The van der Waals surface area contributed by atoms with Gasteiger partial charge in [0.25, 0.3) is 10.0 Å². The van der Waals surface area contributed by atoms with Crippen molar-refractivity contribution in [1.82, 2.24) is 4.90 Å². The fourth-order valence-electron chi connectivity index (χ4n) is 2.73. The van der Waals surface area contributed by atoms with E-state index < -0.39 is 10.0 Å². The second kappa shape index (κ2) is 5.96. The van der Waals surface area contributed by atoms with Crippen LogP contribution in [-0.2, 0) is 14.8 Å². The number of amidine groups is 1. The zero-order valence-electron chi connectivity index (χ0n) is 13.3. The molecule has 1 aromatic rings. The molecule has 3 rings (SSSR count). The zero-order chi connectivity index (χ0) is 16.6. The van der Waals surface area contributed by atoms with Gasteiger partial charge < -0.3 is 10.2 Å². The molecule has 1 N–H and O–H groups in total. The first kappa shape index (κ1) is 16.0. The Kier molecular flexibility index (Phi) is 4.14. The van der Waals surface area contributed by atoms with E-state index in [0.29, 0.717) is 23.9 Å². The topological polar surface area (TPSA) is 78.8 Å². The van der Waals surface area contributed by atoms with E-state index in [1.54, 1.807) is 12.1 Å². The molecule has 1 aliphatic carbocycles. The van der Waals surface area contributed by atoms with E-state index >= 15 is 0 Å². The van der Waals surface area contributed by atoms with Crippen LogP contribution in [0.1, 0.15) is 26.2 Å². The SMILES string of the molecule is C[C@@H]1C[C@H]1C(=O)Nc1ccc(S(=O)(=O)N=C2CCCN2C)cc1. The molecule has 1 saturated carbocycles. The molecule has 1 aliphatic heterocycles. The predicted molar refractivity (Wildman–Crippen MR) is 88.8 cm³/mol. The molecule has 1 saturated heterocycles. The third-order valence-corrected chi connectivity index (χ3v) is 5.75. The largest absolute Gasteiger partial charge is 0.362 e. The quantitative estimate of drug-likeness (QED) is 0.914. The summed E-state index contributed by atoms with van der Waals surface area (Å²) in [5.41, 5.74) is 0.610. The van der Waals surface area contributed by atoms with Crippen LogP contribution in [0.25, 0.3) is 0 Å². The molecule has 7 heteroatoms. The highest BCUT2D eigenvalue weighted by Crippen LogP contribution is 2.38. The van der Waals surface area contributed by atoms with E-state index in [1.165, 1.54) is 12.1 Å². The van der Waals surface area contributed by atoms with Crippen molar-refractivity contribution in [2.45, 2.75) is 31.1 Å². The number of nitrogens with zero attached hydrogens (tertiary/aromatic N) is 2. The maximum atomic E-state index is 12.3. The van der Waals surface area contributed by atoms with Gasteiger partial charge in [0, 0.05) is 31.6 Å². The smallest absolute Gasteiger partial charge is 0.283 e. The minimum absolute atomic E-state index is 0.000862. The summed E-state index contributed by atoms with van der Waals surface area (Å²) in [6.45, 7) is 2.87. The molecule has 2 aliphatic rings. The Morgan fingerprint density at radius 1 is 1.30 bits per heavy atom. The Morgan fingerprint density at radius 3 is 2.48 bits per heavy atom. The highest BCUT2D eigenvalue weighted by Gasteiger charge is 2.39. The van der Waals surface area contributed by atoms with Crippen LogP contribution in [-0.4, -0.2) is 38.7 Å². The first-order valence-corrected chi connectivity index (χ1v) is 9.27. The number of benzene rings is 1. The average molecular weight is 335 g/mol. The Balaban J connectivity index is 1.72. The van der Waals surface area contributed by atoms with Crippen molar-refractivity contribution in [3.05, 3.63) is 24.3 Å². The predicted octanol–water partition coefficient (Wildman–Crippen LogP) is 2.09. The number of likely N-dealkylation sites (tertiary alicyclic amines) is 1. The summed E-state index contributed by atoms with van der Waals surface area (Å²) < 4.78 is 28.6. The van der Waals surface area contributed by atoms with Crippen LogP contribution in [0.2, 0.25) is 0 Å². The number of carbonyl (C=O) groups is 1. The van der Waals surface area contributed by atoms with Gasteiger partial charge in [0.1, 0.15) is 5.84 Å². The fraction of sp³-hybridized carbons (Fsp3) is 0.500. The highest BCUT2D eigenvalue weighted by atomic mass is 32.2. The minimum atomic E-state index is -3.70. The van der Waals surface area contributed by atoms with Gasteiger partial charge in [-0.05, 0) is 43.0 Å². The summed E-state index contributed by atoms with van der Waals surface area (Å²) in [6.07, 6.45) is 2.53. The molecule has 0 radical (unpaired) electrons. The lowest BCUT2D eigenvalue weighted by molar-refractivity contribution is -0.117. The molecule has 0 aromatic heterocycles. The van der Waals surface area contributed by atoms with Crippen molar-refractivity contribution in [3.63, 3.8) is 0 Å². The van der Waals surface area contributed by atoms with Gasteiger partial charge in [0.15, 0.2) is 0 Å². The van der Waals surface area contributed by atoms with Gasteiger partial charge in [-0.25, -0.2) is 0 Å². The van der Waals surface area contributed by atoms with Crippen LogP contribution in [0.3, 0.4) is 0 Å². The number of nitrogens with one attached hydrogen (secondary N) is 1. The van der Waals surface area contributed by atoms with Crippen molar-refractivity contribution in [1.29, 1.82) is 0 Å². The summed E-state index contributed by atoms with van der Waals surface area (Å²) >= 11 is 0. The van der Waals surface area contributed by atoms with Gasteiger partial charge in [-0.1, -0.05) is 6.92 Å². The Bertz CT molecular complexity index is 740. The molecule has 1 aromatic carbocycles. The molecule has 0 bridgehead atoms. The van der Waals surface area contributed by atoms with Gasteiger partial charge in [-0.3, -0.25) is 4.79 Å². The molecule has 2 atom stereocenters. The van der Waals surface area contributed by atoms with Crippen molar-refractivity contribution in [3.8, 4) is 0 Å². The fourth-order valence-corrected chi connectivity index (χ4v) is 3.83. The van der Waals surface area contributed by atoms with Gasteiger partial charge in [0.2, 0.25) is 5.91 Å². The lowest BCUT2D eigenvalue weighted by Crippen LogP contribution is -2.20. The van der Waals surface area contributed by atoms with Crippen LogP contribution < -0.4 is 5.32 Å². The van der Waals surface area contributed by atoms with Crippen LogP contribution >= 0.6 is 0 Å². The number of hydrogen-bond donors (Lipinski definition) is 1. The number of anilines is 1. The molecule has 1 heterocycles. The second-order valence-electron chi connectivity index (χ2n) is 6.34. The third-order valence-electron chi connectivity index (χ3n) is 4.43. The van der Waals surface area contributed by atoms with Gasteiger partial charge in [-0.15, -0.1) is 4.40 Å². The number of hydrogen-bond acceptors (Lipinski definition) is 3. The number of carbonyl (C=O) groups excluding carboxylic acids is 1. The summed E-state index contributed by atoms with van der Waals surface area (Å²) in [5.74, 6) is 1.13. The van der Waals surface area contributed by atoms with Crippen molar-refractivity contribution in [2.75, 3.05) is 18.9 Å². The number of rotatable bonds is 4. The third kappa shape index (κ3) is 3.55. The molecular weight excluding hydrogens is 314 g/mol. The minimum Gasteiger partial charge on any atom is -0.362 e. The molecule has 1 amide bonds. The first-order chi connectivity index (χ1) is 10.9. The Morgan fingerprint density at radius 2 is 1.96 bits per heavy atom. The first-order valence-electron chi connectivity index (χ1n) is 7.83. The zero-order valence-corrected chi connectivity index (χ0v) is 14.1. The summed E-state index contributed by atoms with van der Waals surface area (Å²) in [4.78, 5) is 13.9. The molecule has 0 unspecified atom stereocenters. The summed E-state index contributed by atoms with van der Waals surface area (Å²) in [6, 6.07) is 6.19. The van der Waals surface area contributed by atoms with Crippen LogP contribution in [0.15, 0.2) is 33.6 Å². The molecule has 0 spiro atoms. The van der Waals surface area contributed by atoms with Crippen molar-refractivity contribution in [2.24, 2.45) is 16.2 Å². The Hall–Kier alpha value is -1.89. The number of sulfonamides is 1. The highest BCUT2D eigenvalue weighted by molar-refractivity contribution is 7.90. The molecule has 6 nitrogen and oxygen atoms in total. The van der Waals surface area contributed by atoms with Gasteiger partial charge in [0.05, 0.1) is 4.90 Å². The van der Waals surface area contributed by atoms with Crippen molar-refractivity contribution >= 4 is 27.5 Å². The molecule has 23 heavy (non-hydrogen) atoms. The van der Waals surface area contributed by atoms with Gasteiger partial charge >= 0.3 is 0 Å². The lowest BCUT2D eigenvalue weighted by atomic mass is 10.3.